The molecule has 4 heteroatoms. The van der Waals surface area contributed by atoms with E-state index in [9.17, 15) is 4.79 Å². The van der Waals surface area contributed by atoms with Crippen molar-refractivity contribution in [2.45, 2.75) is 33.2 Å². The number of halogens is 1. The van der Waals surface area contributed by atoms with E-state index >= 15 is 0 Å². The maximum Gasteiger partial charge on any atom is 0.220 e. The van der Waals surface area contributed by atoms with Crippen LogP contribution in [0.2, 0.25) is 5.02 Å². The summed E-state index contributed by atoms with van der Waals surface area (Å²) in [5.74, 6) is 0.0607. The molecular formula is C17H21ClN2O. The highest BCUT2D eigenvalue weighted by Gasteiger charge is 2.06. The molecule has 112 valence electrons. The summed E-state index contributed by atoms with van der Waals surface area (Å²) in [4.78, 5) is 11.9. The monoisotopic (exact) mass is 304 g/mol. The van der Waals surface area contributed by atoms with Crippen LogP contribution >= 0.6 is 11.6 Å². The molecule has 21 heavy (non-hydrogen) atoms. The zero-order valence-electron chi connectivity index (χ0n) is 12.7. The third-order valence-corrected chi connectivity index (χ3v) is 4.23. The number of carbonyl (C=O) groups excluding carboxylic acids is 1. The molecule has 1 aromatic carbocycles. The molecule has 3 nitrogen and oxygen atoms in total. The first-order valence-corrected chi connectivity index (χ1v) is 7.48. The minimum absolute atomic E-state index is 0.0607. The molecule has 0 bridgehead atoms. The summed E-state index contributed by atoms with van der Waals surface area (Å²) < 4.78 is 2.08. The molecule has 2 aromatic rings. The van der Waals surface area contributed by atoms with Crippen LogP contribution in [-0.2, 0) is 24.8 Å². The maximum absolute atomic E-state index is 11.9. The van der Waals surface area contributed by atoms with Crippen molar-refractivity contribution in [3.05, 3.63) is 57.9 Å². The lowest BCUT2D eigenvalue weighted by Crippen LogP contribution is -2.24. The Hall–Kier alpha value is -1.74. The van der Waals surface area contributed by atoms with Crippen LogP contribution in [0.1, 0.15) is 28.9 Å². The molecular weight excluding hydrogens is 284 g/mol. The molecule has 0 aliphatic carbocycles. The molecule has 0 fully saturated rings. The quantitative estimate of drug-likeness (QED) is 0.900. The fourth-order valence-electron chi connectivity index (χ4n) is 2.17. The van der Waals surface area contributed by atoms with E-state index in [-0.39, 0.29) is 5.91 Å². The summed E-state index contributed by atoms with van der Waals surface area (Å²) in [6, 6.07) is 10.0. The van der Waals surface area contributed by atoms with Gasteiger partial charge >= 0.3 is 0 Å². The van der Waals surface area contributed by atoms with E-state index in [1.165, 1.54) is 5.69 Å². The molecule has 2 rings (SSSR count). The number of nitrogens with one attached hydrogen (secondary N) is 1. The lowest BCUT2D eigenvalue weighted by molar-refractivity contribution is -0.121. The summed E-state index contributed by atoms with van der Waals surface area (Å²) in [6.45, 7) is 4.59. The molecule has 0 atom stereocenters. The minimum Gasteiger partial charge on any atom is -0.351 e. The van der Waals surface area contributed by atoms with Gasteiger partial charge in [0.1, 0.15) is 0 Å². The Morgan fingerprint density at radius 1 is 1.24 bits per heavy atom. The van der Waals surface area contributed by atoms with E-state index in [2.05, 4.69) is 16.0 Å². The van der Waals surface area contributed by atoms with Crippen LogP contribution in [0.4, 0.5) is 0 Å². The average Bonchev–Trinajstić information content (AvgIpc) is 2.78. The molecule has 1 aromatic heterocycles. The molecule has 0 saturated carbocycles. The summed E-state index contributed by atoms with van der Waals surface area (Å²) in [5, 5.41) is 3.71. The van der Waals surface area contributed by atoms with Gasteiger partial charge in [0, 0.05) is 29.9 Å². The first-order chi connectivity index (χ1) is 9.97. The second kappa shape index (κ2) is 6.81. The van der Waals surface area contributed by atoms with Gasteiger partial charge in [-0.25, -0.2) is 0 Å². The number of nitrogens with zero attached hydrogens (tertiary/aromatic N) is 1. The Labute approximate surface area is 130 Å². The van der Waals surface area contributed by atoms with E-state index in [0.29, 0.717) is 19.4 Å². The van der Waals surface area contributed by atoms with Gasteiger partial charge in [-0.2, -0.15) is 0 Å². The number of amides is 1. The predicted molar refractivity (Wildman–Crippen MR) is 86.5 cm³/mol. The molecule has 1 amide bonds. The van der Waals surface area contributed by atoms with Crippen LogP contribution in [0.25, 0.3) is 0 Å². The summed E-state index contributed by atoms with van der Waals surface area (Å²) in [7, 11) is 2.01. The second-order valence-corrected chi connectivity index (χ2v) is 5.79. The Morgan fingerprint density at radius 3 is 2.62 bits per heavy atom. The Morgan fingerprint density at radius 2 is 2.00 bits per heavy atom. The number of rotatable bonds is 5. The maximum atomic E-state index is 11.9. The first kappa shape index (κ1) is 15.6. The fraction of sp³-hybridized carbons (Fsp3) is 0.353. The normalized spacial score (nSPS) is 10.7. The van der Waals surface area contributed by atoms with Gasteiger partial charge in [0.2, 0.25) is 5.91 Å². The number of aromatic nitrogens is 1. The third-order valence-electron chi connectivity index (χ3n) is 3.82. The largest absolute Gasteiger partial charge is 0.351 e. The zero-order valence-corrected chi connectivity index (χ0v) is 13.5. The lowest BCUT2D eigenvalue weighted by Gasteiger charge is -2.08. The topological polar surface area (TPSA) is 34.0 Å². The highest BCUT2D eigenvalue weighted by atomic mass is 35.5. The molecule has 1 heterocycles. The van der Waals surface area contributed by atoms with Crippen molar-refractivity contribution in [2.24, 2.45) is 7.05 Å². The number of carbonyl (C=O) groups is 1. The zero-order chi connectivity index (χ0) is 15.4. The van der Waals surface area contributed by atoms with Gasteiger partial charge in [0.25, 0.3) is 0 Å². The SMILES string of the molecule is Cc1ccc(CCC(=O)NCc2ccc(C)n2C)cc1Cl. The van der Waals surface area contributed by atoms with Crippen LogP contribution in [0.5, 0.6) is 0 Å². The molecule has 0 unspecified atom stereocenters. The Bertz CT molecular complexity index is 646. The molecule has 0 radical (unpaired) electrons. The van der Waals surface area contributed by atoms with E-state index in [4.69, 9.17) is 11.6 Å². The van der Waals surface area contributed by atoms with Crippen LogP contribution < -0.4 is 5.32 Å². The van der Waals surface area contributed by atoms with Crippen LogP contribution in [0.3, 0.4) is 0 Å². The molecule has 1 N–H and O–H groups in total. The van der Waals surface area contributed by atoms with Crippen molar-refractivity contribution in [1.29, 1.82) is 0 Å². The Kier molecular flexibility index (Phi) is 5.07. The van der Waals surface area contributed by atoms with E-state index in [1.807, 2.05) is 45.2 Å². The predicted octanol–water partition coefficient (Wildman–Crippen LogP) is 3.54. The number of hydrogen-bond acceptors (Lipinski definition) is 1. The van der Waals surface area contributed by atoms with Crippen molar-refractivity contribution in [2.75, 3.05) is 0 Å². The van der Waals surface area contributed by atoms with Crippen molar-refractivity contribution < 1.29 is 4.79 Å². The highest BCUT2D eigenvalue weighted by Crippen LogP contribution is 2.17. The standard InChI is InChI=1S/C17H21ClN2O/c1-12-4-6-14(10-16(12)18)7-9-17(21)19-11-15-8-5-13(2)20(15)3/h4-6,8,10H,7,9,11H2,1-3H3,(H,19,21). The number of benzene rings is 1. The van der Waals surface area contributed by atoms with Crippen LogP contribution in [-0.4, -0.2) is 10.5 Å². The molecule has 0 saturated heterocycles. The van der Waals surface area contributed by atoms with Crippen molar-refractivity contribution in [3.8, 4) is 0 Å². The third kappa shape index (κ3) is 4.11. The Balaban J connectivity index is 1.82. The van der Waals surface area contributed by atoms with Gasteiger partial charge in [-0.15, -0.1) is 0 Å². The minimum atomic E-state index is 0.0607. The van der Waals surface area contributed by atoms with E-state index < -0.39 is 0 Å². The molecule has 0 aliphatic heterocycles. The van der Waals surface area contributed by atoms with Gasteiger partial charge in [0.15, 0.2) is 0 Å². The highest BCUT2D eigenvalue weighted by molar-refractivity contribution is 6.31. The van der Waals surface area contributed by atoms with E-state index in [1.54, 1.807) is 0 Å². The van der Waals surface area contributed by atoms with Gasteiger partial charge in [0.05, 0.1) is 6.54 Å². The average molecular weight is 305 g/mol. The molecule has 0 aliphatic rings. The van der Waals surface area contributed by atoms with Crippen molar-refractivity contribution >= 4 is 17.5 Å². The van der Waals surface area contributed by atoms with Gasteiger partial charge in [-0.05, 0) is 49.6 Å². The van der Waals surface area contributed by atoms with E-state index in [0.717, 1.165) is 21.8 Å². The first-order valence-electron chi connectivity index (χ1n) is 7.10. The van der Waals surface area contributed by atoms with Gasteiger partial charge in [-0.3, -0.25) is 4.79 Å². The lowest BCUT2D eigenvalue weighted by atomic mass is 10.1. The second-order valence-electron chi connectivity index (χ2n) is 5.39. The van der Waals surface area contributed by atoms with Gasteiger partial charge in [-0.1, -0.05) is 23.7 Å². The fourth-order valence-corrected chi connectivity index (χ4v) is 2.37. The summed E-state index contributed by atoms with van der Waals surface area (Å²) in [6.07, 6.45) is 1.18. The number of aryl methyl sites for hydroxylation is 3. The molecule has 0 spiro atoms. The van der Waals surface area contributed by atoms with Crippen LogP contribution in [0.15, 0.2) is 30.3 Å². The van der Waals surface area contributed by atoms with Crippen molar-refractivity contribution in [1.82, 2.24) is 9.88 Å². The van der Waals surface area contributed by atoms with Gasteiger partial charge < -0.3 is 9.88 Å². The van der Waals surface area contributed by atoms with Crippen molar-refractivity contribution in [3.63, 3.8) is 0 Å². The van der Waals surface area contributed by atoms with Crippen LogP contribution in [0, 0.1) is 13.8 Å². The smallest absolute Gasteiger partial charge is 0.220 e. The summed E-state index contributed by atoms with van der Waals surface area (Å²) >= 11 is 6.09. The summed E-state index contributed by atoms with van der Waals surface area (Å²) in [5.41, 5.74) is 4.45. The number of hydrogen-bond donors (Lipinski definition) is 1.